The minimum Gasteiger partial charge on any atom is -0.459 e. The molecule has 0 bridgehead atoms. The molecule has 5 nitrogen and oxygen atoms in total. The molecule has 168 valence electrons. The van der Waals surface area contributed by atoms with Crippen molar-refractivity contribution in [1.82, 2.24) is 4.90 Å². The lowest BCUT2D eigenvalue weighted by Crippen LogP contribution is -2.60. The molecule has 5 heteroatoms. The van der Waals surface area contributed by atoms with Gasteiger partial charge in [-0.25, -0.2) is 4.79 Å². The third-order valence-corrected chi connectivity index (χ3v) is 5.15. The minimum absolute atomic E-state index is 0.234. The summed E-state index contributed by atoms with van der Waals surface area (Å²) in [5.41, 5.74) is 0.000489. The summed E-state index contributed by atoms with van der Waals surface area (Å²) < 4.78 is 11.4. The Kier molecular flexibility index (Phi) is 8.99. The maximum Gasteiger partial charge on any atom is 0.329 e. The fraction of sp³-hybridized carbons (Fsp3) is 0.423. The van der Waals surface area contributed by atoms with Crippen molar-refractivity contribution in [3.8, 4) is 0 Å². The molecule has 1 N–H and O–H groups in total. The summed E-state index contributed by atoms with van der Waals surface area (Å²) in [6, 6.07) is 19.5. The molecule has 2 rings (SSSR count). The number of rotatable bonds is 11. The summed E-state index contributed by atoms with van der Waals surface area (Å²) in [6.07, 6.45) is 1.89. The molecule has 0 aliphatic rings. The first kappa shape index (κ1) is 24.8. The van der Waals surface area contributed by atoms with Crippen molar-refractivity contribution in [2.24, 2.45) is 0 Å². The molecule has 0 saturated carbocycles. The predicted octanol–water partition coefficient (Wildman–Crippen LogP) is 4.53. The van der Waals surface area contributed by atoms with E-state index >= 15 is 0 Å². The zero-order valence-corrected chi connectivity index (χ0v) is 19.1. The Morgan fingerprint density at radius 3 is 2.16 bits per heavy atom. The average molecular weight is 426 g/mol. The van der Waals surface area contributed by atoms with Crippen LogP contribution in [0.15, 0.2) is 73.3 Å². The van der Waals surface area contributed by atoms with E-state index in [1.165, 1.54) is 0 Å². The normalized spacial score (nSPS) is 14.6. The van der Waals surface area contributed by atoms with Gasteiger partial charge in [-0.05, 0) is 38.3 Å². The molecule has 0 spiro atoms. The van der Waals surface area contributed by atoms with E-state index in [9.17, 15) is 9.90 Å². The zero-order valence-electron chi connectivity index (χ0n) is 19.1. The molecule has 0 saturated heterocycles. The third kappa shape index (κ3) is 6.50. The maximum atomic E-state index is 13.6. The zero-order chi connectivity index (χ0) is 22.9. The van der Waals surface area contributed by atoms with Crippen LogP contribution in [0, 0.1) is 0 Å². The molecule has 0 aliphatic heterocycles. The standard InChI is InChI=1S/C26H35NO4/c1-6-17-26(20-28,24(29)31-25(2,3)4)27(18-21-13-9-7-10-14-21)23(19-30-5)22-15-11-8-12-16-22/h6-16,23,28H,1,17-20H2,2-5H3/t23-,26+/m0/s1. The lowest BCUT2D eigenvalue weighted by Gasteiger charge is -2.45. The second kappa shape index (κ2) is 11.2. The highest BCUT2D eigenvalue weighted by Crippen LogP contribution is 2.35. The summed E-state index contributed by atoms with van der Waals surface area (Å²) in [5, 5.41) is 10.7. The van der Waals surface area contributed by atoms with Crippen LogP contribution in [0.4, 0.5) is 0 Å². The van der Waals surface area contributed by atoms with Crippen LogP contribution in [-0.2, 0) is 20.8 Å². The summed E-state index contributed by atoms with van der Waals surface area (Å²) in [7, 11) is 1.64. The molecule has 2 aromatic carbocycles. The molecule has 2 aromatic rings. The van der Waals surface area contributed by atoms with Crippen molar-refractivity contribution < 1.29 is 19.4 Å². The number of methoxy groups -OCH3 is 1. The van der Waals surface area contributed by atoms with Gasteiger partial charge in [0.2, 0.25) is 0 Å². The molecule has 0 aromatic heterocycles. The van der Waals surface area contributed by atoms with Gasteiger partial charge in [0.05, 0.1) is 19.3 Å². The first-order valence-electron chi connectivity index (χ1n) is 10.6. The van der Waals surface area contributed by atoms with E-state index < -0.39 is 23.7 Å². The number of ether oxygens (including phenoxy) is 2. The Labute approximate surface area is 186 Å². The molecule has 0 aliphatic carbocycles. The SMILES string of the molecule is C=CC[C@@](CO)(C(=O)OC(C)(C)C)N(Cc1ccccc1)[C@@H](COC)c1ccccc1. The van der Waals surface area contributed by atoms with Gasteiger partial charge in [-0.15, -0.1) is 6.58 Å². The van der Waals surface area contributed by atoms with Crippen molar-refractivity contribution in [3.05, 3.63) is 84.4 Å². The van der Waals surface area contributed by atoms with Crippen molar-refractivity contribution in [2.75, 3.05) is 20.3 Å². The smallest absolute Gasteiger partial charge is 0.329 e. The predicted molar refractivity (Wildman–Crippen MR) is 124 cm³/mol. The van der Waals surface area contributed by atoms with Crippen LogP contribution < -0.4 is 0 Å². The van der Waals surface area contributed by atoms with Crippen molar-refractivity contribution in [2.45, 2.75) is 50.9 Å². The maximum absolute atomic E-state index is 13.6. The molecule has 2 atom stereocenters. The Morgan fingerprint density at radius 1 is 1.10 bits per heavy atom. The highest BCUT2D eigenvalue weighted by molar-refractivity contribution is 5.82. The van der Waals surface area contributed by atoms with E-state index in [1.807, 2.05) is 86.3 Å². The Morgan fingerprint density at radius 2 is 1.68 bits per heavy atom. The van der Waals surface area contributed by atoms with E-state index in [0.29, 0.717) is 13.2 Å². The van der Waals surface area contributed by atoms with Gasteiger partial charge in [-0.3, -0.25) is 4.90 Å². The second-order valence-electron chi connectivity index (χ2n) is 8.68. The Hall–Kier alpha value is -2.47. The van der Waals surface area contributed by atoms with Crippen LogP contribution in [0.25, 0.3) is 0 Å². The molecular formula is C26H35NO4. The number of aliphatic hydroxyl groups is 1. The lowest BCUT2D eigenvalue weighted by atomic mass is 9.89. The molecule has 31 heavy (non-hydrogen) atoms. The van der Waals surface area contributed by atoms with Gasteiger partial charge in [0.1, 0.15) is 11.1 Å². The van der Waals surface area contributed by atoms with E-state index in [0.717, 1.165) is 11.1 Å². The fourth-order valence-electron chi connectivity index (χ4n) is 3.69. The number of aliphatic hydroxyl groups excluding tert-OH is 1. The number of esters is 1. The van der Waals surface area contributed by atoms with Crippen LogP contribution in [0.2, 0.25) is 0 Å². The number of carbonyl (C=O) groups excluding carboxylic acids is 1. The van der Waals surface area contributed by atoms with Gasteiger partial charge >= 0.3 is 5.97 Å². The number of benzene rings is 2. The van der Waals surface area contributed by atoms with E-state index in [1.54, 1.807) is 13.2 Å². The fourth-order valence-corrected chi connectivity index (χ4v) is 3.69. The van der Waals surface area contributed by atoms with Crippen molar-refractivity contribution >= 4 is 5.97 Å². The van der Waals surface area contributed by atoms with Gasteiger partial charge < -0.3 is 14.6 Å². The van der Waals surface area contributed by atoms with Gasteiger partial charge in [-0.1, -0.05) is 66.7 Å². The molecular weight excluding hydrogens is 390 g/mol. The molecule has 0 fully saturated rings. The van der Waals surface area contributed by atoms with Gasteiger partial charge in [0.15, 0.2) is 0 Å². The lowest BCUT2D eigenvalue weighted by molar-refractivity contribution is -0.177. The van der Waals surface area contributed by atoms with E-state index in [4.69, 9.17) is 9.47 Å². The summed E-state index contributed by atoms with van der Waals surface area (Å²) >= 11 is 0. The monoisotopic (exact) mass is 425 g/mol. The van der Waals surface area contributed by atoms with E-state index in [-0.39, 0.29) is 12.5 Å². The first-order chi connectivity index (χ1) is 14.8. The number of hydrogen-bond donors (Lipinski definition) is 1. The highest BCUT2D eigenvalue weighted by Gasteiger charge is 2.48. The summed E-state index contributed by atoms with van der Waals surface area (Å²) in [6.45, 7) is 9.71. The minimum atomic E-state index is -1.32. The number of hydrogen-bond acceptors (Lipinski definition) is 5. The Balaban J connectivity index is 2.65. The highest BCUT2D eigenvalue weighted by atomic mass is 16.6. The van der Waals surface area contributed by atoms with Crippen molar-refractivity contribution in [1.29, 1.82) is 0 Å². The number of carbonyl (C=O) groups is 1. The van der Waals surface area contributed by atoms with Gasteiger partial charge in [0.25, 0.3) is 0 Å². The van der Waals surface area contributed by atoms with Gasteiger partial charge in [-0.2, -0.15) is 0 Å². The van der Waals surface area contributed by atoms with E-state index in [2.05, 4.69) is 6.58 Å². The summed E-state index contributed by atoms with van der Waals surface area (Å²) in [5.74, 6) is -0.477. The first-order valence-corrected chi connectivity index (χ1v) is 10.6. The number of nitrogens with zero attached hydrogens (tertiary/aromatic N) is 1. The summed E-state index contributed by atoms with van der Waals surface area (Å²) in [4.78, 5) is 15.6. The molecule has 0 unspecified atom stereocenters. The third-order valence-electron chi connectivity index (χ3n) is 5.15. The second-order valence-corrected chi connectivity index (χ2v) is 8.68. The average Bonchev–Trinajstić information content (AvgIpc) is 2.75. The largest absolute Gasteiger partial charge is 0.459 e. The van der Waals surface area contributed by atoms with Crippen LogP contribution >= 0.6 is 0 Å². The van der Waals surface area contributed by atoms with Crippen LogP contribution in [0.5, 0.6) is 0 Å². The molecule has 0 amide bonds. The quantitative estimate of drug-likeness (QED) is 0.424. The topological polar surface area (TPSA) is 59.0 Å². The molecule has 0 heterocycles. The van der Waals surface area contributed by atoms with Crippen molar-refractivity contribution in [3.63, 3.8) is 0 Å². The molecule has 0 radical (unpaired) electrons. The van der Waals surface area contributed by atoms with Crippen LogP contribution in [0.1, 0.15) is 44.4 Å². The van der Waals surface area contributed by atoms with Gasteiger partial charge in [0, 0.05) is 13.7 Å². The van der Waals surface area contributed by atoms with Crippen LogP contribution in [-0.4, -0.2) is 47.4 Å². The van der Waals surface area contributed by atoms with Crippen LogP contribution in [0.3, 0.4) is 0 Å². The Bertz CT molecular complexity index is 816.